The van der Waals surface area contributed by atoms with Crippen LogP contribution in [0.3, 0.4) is 0 Å². The Kier molecular flexibility index (Phi) is 3.63. The first-order valence-electron chi connectivity index (χ1n) is 6.31. The molecule has 1 aliphatic carbocycles. The molecule has 1 N–H and O–H groups in total. The lowest BCUT2D eigenvalue weighted by Gasteiger charge is -2.33. The number of pyridine rings is 1. The lowest BCUT2D eigenvalue weighted by Crippen LogP contribution is -2.33. The first-order chi connectivity index (χ1) is 8.19. The summed E-state index contributed by atoms with van der Waals surface area (Å²) < 4.78 is 0. The SMILES string of the molecule is CC1CCC(Nc2ccc(C#N)nc2)C(C)C1. The van der Waals surface area contributed by atoms with Crippen molar-refractivity contribution in [3.63, 3.8) is 0 Å². The van der Waals surface area contributed by atoms with Gasteiger partial charge in [0.05, 0.1) is 11.9 Å². The zero-order chi connectivity index (χ0) is 12.3. The Balaban J connectivity index is 1.98. The fourth-order valence-electron chi connectivity index (χ4n) is 2.64. The van der Waals surface area contributed by atoms with E-state index in [4.69, 9.17) is 5.26 Å². The maximum absolute atomic E-state index is 8.69. The van der Waals surface area contributed by atoms with Gasteiger partial charge in [0.25, 0.3) is 0 Å². The average molecular weight is 229 g/mol. The van der Waals surface area contributed by atoms with Crippen LogP contribution in [0, 0.1) is 23.2 Å². The number of aromatic nitrogens is 1. The van der Waals surface area contributed by atoms with Crippen LogP contribution in [0.2, 0.25) is 0 Å². The fourth-order valence-corrected chi connectivity index (χ4v) is 2.64. The first kappa shape index (κ1) is 11.9. The highest BCUT2D eigenvalue weighted by molar-refractivity contribution is 5.43. The second-order valence-corrected chi connectivity index (χ2v) is 5.19. The van der Waals surface area contributed by atoms with Crippen molar-refractivity contribution in [3.8, 4) is 6.07 Å². The van der Waals surface area contributed by atoms with Crippen LogP contribution in [0.1, 0.15) is 38.8 Å². The van der Waals surface area contributed by atoms with E-state index in [1.807, 2.05) is 12.1 Å². The van der Waals surface area contributed by atoms with Gasteiger partial charge in [0.1, 0.15) is 11.8 Å². The van der Waals surface area contributed by atoms with E-state index in [9.17, 15) is 0 Å². The van der Waals surface area contributed by atoms with E-state index < -0.39 is 0 Å². The largest absolute Gasteiger partial charge is 0.381 e. The average Bonchev–Trinajstić information content (AvgIpc) is 2.34. The normalized spacial score (nSPS) is 28.4. The van der Waals surface area contributed by atoms with Gasteiger partial charge in [-0.25, -0.2) is 4.98 Å². The molecule has 3 atom stereocenters. The van der Waals surface area contributed by atoms with E-state index >= 15 is 0 Å². The summed E-state index contributed by atoms with van der Waals surface area (Å²) in [5, 5.41) is 12.2. The number of nitrogens with one attached hydrogen (secondary N) is 1. The number of nitrogens with zero attached hydrogens (tertiary/aromatic N) is 2. The number of hydrogen-bond acceptors (Lipinski definition) is 3. The minimum absolute atomic E-state index is 0.473. The highest BCUT2D eigenvalue weighted by atomic mass is 14.9. The van der Waals surface area contributed by atoms with E-state index in [-0.39, 0.29) is 0 Å². The van der Waals surface area contributed by atoms with Crippen LogP contribution in [-0.2, 0) is 0 Å². The smallest absolute Gasteiger partial charge is 0.140 e. The summed E-state index contributed by atoms with van der Waals surface area (Å²) in [5.74, 6) is 1.55. The molecule has 0 spiro atoms. The standard InChI is InChI=1S/C14H19N3/c1-10-3-6-14(11(2)7-10)17-13-5-4-12(8-15)16-9-13/h4-5,9-11,14,17H,3,6-7H2,1-2H3. The molecule has 0 bridgehead atoms. The number of nitriles is 1. The molecule has 17 heavy (non-hydrogen) atoms. The second-order valence-electron chi connectivity index (χ2n) is 5.19. The van der Waals surface area contributed by atoms with Gasteiger partial charge in [-0.15, -0.1) is 0 Å². The van der Waals surface area contributed by atoms with Crippen molar-refractivity contribution >= 4 is 5.69 Å². The molecule has 0 saturated heterocycles. The highest BCUT2D eigenvalue weighted by Crippen LogP contribution is 2.30. The van der Waals surface area contributed by atoms with Gasteiger partial charge in [-0.1, -0.05) is 13.8 Å². The van der Waals surface area contributed by atoms with Crippen LogP contribution in [0.5, 0.6) is 0 Å². The van der Waals surface area contributed by atoms with Crippen molar-refractivity contribution < 1.29 is 0 Å². The fraction of sp³-hybridized carbons (Fsp3) is 0.571. The summed E-state index contributed by atoms with van der Waals surface area (Å²) in [6, 6.07) is 6.28. The Morgan fingerprint density at radius 2 is 2.18 bits per heavy atom. The van der Waals surface area contributed by atoms with Crippen molar-refractivity contribution in [2.45, 2.75) is 39.2 Å². The van der Waals surface area contributed by atoms with Gasteiger partial charge in [0.2, 0.25) is 0 Å². The molecular weight excluding hydrogens is 210 g/mol. The zero-order valence-corrected chi connectivity index (χ0v) is 10.5. The maximum Gasteiger partial charge on any atom is 0.140 e. The lowest BCUT2D eigenvalue weighted by molar-refractivity contribution is 0.276. The molecule has 0 radical (unpaired) electrons. The second kappa shape index (κ2) is 5.18. The monoisotopic (exact) mass is 229 g/mol. The molecule has 2 rings (SSSR count). The van der Waals surface area contributed by atoms with E-state index in [1.165, 1.54) is 19.3 Å². The quantitative estimate of drug-likeness (QED) is 0.847. The molecule has 1 heterocycles. The van der Waals surface area contributed by atoms with E-state index in [1.54, 1.807) is 12.3 Å². The van der Waals surface area contributed by atoms with Gasteiger partial charge in [-0.2, -0.15) is 5.26 Å². The van der Waals surface area contributed by atoms with Gasteiger partial charge >= 0.3 is 0 Å². The van der Waals surface area contributed by atoms with Crippen molar-refractivity contribution in [1.29, 1.82) is 5.26 Å². The Hall–Kier alpha value is -1.56. The zero-order valence-electron chi connectivity index (χ0n) is 10.5. The molecule has 0 aliphatic heterocycles. The molecule has 90 valence electrons. The Labute approximate surface area is 103 Å². The molecule has 1 aromatic heterocycles. The number of hydrogen-bond donors (Lipinski definition) is 1. The Bertz CT molecular complexity index is 404. The molecule has 0 amide bonds. The highest BCUT2D eigenvalue weighted by Gasteiger charge is 2.24. The van der Waals surface area contributed by atoms with Crippen LogP contribution < -0.4 is 5.32 Å². The minimum Gasteiger partial charge on any atom is -0.381 e. The molecule has 3 nitrogen and oxygen atoms in total. The van der Waals surface area contributed by atoms with Crippen molar-refractivity contribution in [2.24, 2.45) is 11.8 Å². The van der Waals surface area contributed by atoms with E-state index in [2.05, 4.69) is 24.1 Å². The van der Waals surface area contributed by atoms with Crippen molar-refractivity contribution in [3.05, 3.63) is 24.0 Å². The third kappa shape index (κ3) is 2.97. The summed E-state index contributed by atoms with van der Waals surface area (Å²) in [7, 11) is 0. The first-order valence-corrected chi connectivity index (χ1v) is 6.31. The minimum atomic E-state index is 0.473. The number of rotatable bonds is 2. The number of anilines is 1. The molecular formula is C14H19N3. The van der Waals surface area contributed by atoms with Gasteiger partial charge in [0, 0.05) is 6.04 Å². The topological polar surface area (TPSA) is 48.7 Å². The molecule has 3 heteroatoms. The van der Waals surface area contributed by atoms with Gasteiger partial charge in [-0.05, 0) is 43.2 Å². The Morgan fingerprint density at radius 3 is 2.76 bits per heavy atom. The third-order valence-electron chi connectivity index (χ3n) is 3.66. The lowest BCUT2D eigenvalue weighted by atomic mass is 9.80. The maximum atomic E-state index is 8.69. The van der Waals surface area contributed by atoms with Crippen LogP contribution in [0.15, 0.2) is 18.3 Å². The predicted molar refractivity (Wildman–Crippen MR) is 68.5 cm³/mol. The van der Waals surface area contributed by atoms with Gasteiger partial charge in [0.15, 0.2) is 0 Å². The van der Waals surface area contributed by atoms with Crippen LogP contribution in [0.4, 0.5) is 5.69 Å². The molecule has 3 unspecified atom stereocenters. The van der Waals surface area contributed by atoms with Gasteiger partial charge < -0.3 is 5.32 Å². The summed E-state index contributed by atoms with van der Waals surface area (Å²) in [4.78, 5) is 4.08. The van der Waals surface area contributed by atoms with Crippen LogP contribution in [0.25, 0.3) is 0 Å². The molecule has 1 aliphatic rings. The van der Waals surface area contributed by atoms with Crippen LogP contribution >= 0.6 is 0 Å². The Morgan fingerprint density at radius 1 is 1.35 bits per heavy atom. The molecule has 1 fully saturated rings. The van der Waals surface area contributed by atoms with Crippen LogP contribution in [-0.4, -0.2) is 11.0 Å². The summed E-state index contributed by atoms with van der Waals surface area (Å²) >= 11 is 0. The molecule has 1 aromatic rings. The van der Waals surface area contributed by atoms with E-state index in [0.29, 0.717) is 17.7 Å². The van der Waals surface area contributed by atoms with Gasteiger partial charge in [-0.3, -0.25) is 0 Å². The summed E-state index contributed by atoms with van der Waals surface area (Å²) in [6.45, 7) is 4.64. The van der Waals surface area contributed by atoms with Crippen molar-refractivity contribution in [2.75, 3.05) is 5.32 Å². The van der Waals surface area contributed by atoms with Crippen molar-refractivity contribution in [1.82, 2.24) is 4.98 Å². The molecule has 0 aromatic carbocycles. The molecule has 1 saturated carbocycles. The predicted octanol–water partition coefficient (Wildman–Crippen LogP) is 3.19. The van der Waals surface area contributed by atoms with E-state index in [0.717, 1.165) is 11.6 Å². The summed E-state index contributed by atoms with van der Waals surface area (Å²) in [5.41, 5.74) is 1.50. The summed E-state index contributed by atoms with van der Waals surface area (Å²) in [6.07, 6.45) is 5.57. The third-order valence-corrected chi connectivity index (χ3v) is 3.66.